The SMILES string of the molecule is CCC(C)(CC)c1c[nH]c2ccccc12. The van der Waals surface area contributed by atoms with Crippen LogP contribution in [0.5, 0.6) is 0 Å². The molecule has 0 saturated heterocycles. The molecule has 80 valence electrons. The van der Waals surface area contributed by atoms with E-state index in [0.717, 1.165) is 0 Å². The first-order valence-corrected chi connectivity index (χ1v) is 5.78. The number of fused-ring (bicyclic) bond motifs is 1. The minimum atomic E-state index is 0.305. The fraction of sp³-hybridized carbons (Fsp3) is 0.429. The van der Waals surface area contributed by atoms with Crippen LogP contribution in [0.2, 0.25) is 0 Å². The third-order valence-corrected chi connectivity index (χ3v) is 3.80. The first kappa shape index (κ1) is 10.3. The standard InChI is InChI=1S/C14H19N/c1-4-14(3,5-2)12-10-15-13-9-7-6-8-11(12)13/h6-10,15H,4-5H2,1-3H3. The smallest absolute Gasteiger partial charge is 0.0457 e. The maximum absolute atomic E-state index is 3.36. The van der Waals surface area contributed by atoms with Gasteiger partial charge in [-0.2, -0.15) is 0 Å². The van der Waals surface area contributed by atoms with E-state index in [1.807, 2.05) is 0 Å². The lowest BCUT2D eigenvalue weighted by atomic mass is 9.78. The molecular weight excluding hydrogens is 182 g/mol. The molecule has 1 nitrogen and oxygen atoms in total. The van der Waals surface area contributed by atoms with E-state index in [1.54, 1.807) is 0 Å². The van der Waals surface area contributed by atoms with E-state index < -0.39 is 0 Å². The van der Waals surface area contributed by atoms with Crippen molar-refractivity contribution in [2.24, 2.45) is 0 Å². The molecule has 1 aromatic heterocycles. The Morgan fingerprint density at radius 3 is 2.47 bits per heavy atom. The molecule has 2 rings (SSSR count). The van der Waals surface area contributed by atoms with Gasteiger partial charge in [-0.1, -0.05) is 39.0 Å². The summed E-state index contributed by atoms with van der Waals surface area (Å²) in [7, 11) is 0. The number of rotatable bonds is 3. The molecule has 2 aromatic rings. The molecule has 0 bridgehead atoms. The molecule has 0 saturated carbocycles. The first-order valence-electron chi connectivity index (χ1n) is 5.78. The summed E-state index contributed by atoms with van der Waals surface area (Å²) in [5.74, 6) is 0. The zero-order chi connectivity index (χ0) is 10.9. The minimum Gasteiger partial charge on any atom is -0.361 e. The normalized spacial score (nSPS) is 12.2. The number of para-hydroxylation sites is 1. The predicted octanol–water partition coefficient (Wildman–Crippen LogP) is 4.25. The van der Waals surface area contributed by atoms with E-state index in [9.17, 15) is 0 Å². The maximum Gasteiger partial charge on any atom is 0.0457 e. The third-order valence-electron chi connectivity index (χ3n) is 3.80. The molecule has 0 radical (unpaired) electrons. The third kappa shape index (κ3) is 1.56. The Hall–Kier alpha value is -1.24. The molecule has 0 amide bonds. The number of aromatic nitrogens is 1. The van der Waals surface area contributed by atoms with Gasteiger partial charge in [-0.3, -0.25) is 0 Å². The number of nitrogens with one attached hydrogen (secondary N) is 1. The fourth-order valence-electron chi connectivity index (χ4n) is 2.20. The number of hydrogen-bond donors (Lipinski definition) is 1. The van der Waals surface area contributed by atoms with Crippen LogP contribution in [0.4, 0.5) is 0 Å². The van der Waals surface area contributed by atoms with E-state index in [-0.39, 0.29) is 0 Å². The Bertz CT molecular complexity index is 449. The van der Waals surface area contributed by atoms with Gasteiger partial charge in [0.2, 0.25) is 0 Å². The second-order valence-corrected chi connectivity index (χ2v) is 4.52. The second-order valence-electron chi connectivity index (χ2n) is 4.52. The van der Waals surface area contributed by atoms with Gasteiger partial charge in [0, 0.05) is 17.1 Å². The molecule has 0 aliphatic rings. The van der Waals surface area contributed by atoms with E-state index >= 15 is 0 Å². The minimum absolute atomic E-state index is 0.305. The van der Waals surface area contributed by atoms with E-state index in [0.29, 0.717) is 5.41 Å². The summed E-state index contributed by atoms with van der Waals surface area (Å²) in [6.07, 6.45) is 4.55. The highest BCUT2D eigenvalue weighted by Gasteiger charge is 2.24. The zero-order valence-electron chi connectivity index (χ0n) is 9.80. The molecule has 0 fully saturated rings. The molecule has 0 unspecified atom stereocenters. The maximum atomic E-state index is 3.36. The lowest BCUT2D eigenvalue weighted by molar-refractivity contribution is 0.442. The lowest BCUT2D eigenvalue weighted by Gasteiger charge is -2.26. The summed E-state index contributed by atoms with van der Waals surface area (Å²) >= 11 is 0. The van der Waals surface area contributed by atoms with Crippen LogP contribution in [0.1, 0.15) is 39.2 Å². The monoisotopic (exact) mass is 201 g/mol. The van der Waals surface area contributed by atoms with Crippen molar-refractivity contribution in [3.63, 3.8) is 0 Å². The molecule has 1 N–H and O–H groups in total. The molecular formula is C14H19N. The average Bonchev–Trinajstić information content (AvgIpc) is 2.72. The average molecular weight is 201 g/mol. The van der Waals surface area contributed by atoms with Crippen molar-refractivity contribution in [1.82, 2.24) is 4.98 Å². The van der Waals surface area contributed by atoms with Crippen molar-refractivity contribution in [3.8, 4) is 0 Å². The molecule has 0 atom stereocenters. The topological polar surface area (TPSA) is 15.8 Å². The Morgan fingerprint density at radius 2 is 1.80 bits per heavy atom. The van der Waals surface area contributed by atoms with Gasteiger partial charge < -0.3 is 4.98 Å². The Labute approximate surface area is 91.5 Å². The first-order chi connectivity index (χ1) is 7.21. The summed E-state index contributed by atoms with van der Waals surface area (Å²) in [6, 6.07) is 8.55. The van der Waals surface area contributed by atoms with Crippen molar-refractivity contribution < 1.29 is 0 Å². The van der Waals surface area contributed by atoms with Gasteiger partial charge in [0.25, 0.3) is 0 Å². The van der Waals surface area contributed by atoms with Crippen LogP contribution in [0.15, 0.2) is 30.5 Å². The summed E-state index contributed by atoms with van der Waals surface area (Å²) < 4.78 is 0. The predicted molar refractivity (Wildman–Crippen MR) is 66.2 cm³/mol. The number of hydrogen-bond acceptors (Lipinski definition) is 0. The molecule has 0 aliphatic carbocycles. The quantitative estimate of drug-likeness (QED) is 0.764. The lowest BCUT2D eigenvalue weighted by Crippen LogP contribution is -2.18. The van der Waals surface area contributed by atoms with Crippen molar-refractivity contribution in [2.45, 2.75) is 39.0 Å². The molecule has 0 spiro atoms. The van der Waals surface area contributed by atoms with Crippen molar-refractivity contribution in [1.29, 1.82) is 0 Å². The van der Waals surface area contributed by atoms with Crippen LogP contribution in [0.25, 0.3) is 10.9 Å². The molecule has 1 heteroatoms. The van der Waals surface area contributed by atoms with Gasteiger partial charge >= 0.3 is 0 Å². The number of benzene rings is 1. The van der Waals surface area contributed by atoms with Crippen LogP contribution < -0.4 is 0 Å². The Kier molecular flexibility index (Phi) is 2.56. The van der Waals surface area contributed by atoms with E-state index in [4.69, 9.17) is 0 Å². The summed E-state index contributed by atoms with van der Waals surface area (Å²) in [5, 5.41) is 1.38. The van der Waals surface area contributed by atoms with E-state index in [2.05, 4.69) is 56.2 Å². The van der Waals surface area contributed by atoms with Gasteiger partial charge in [0.1, 0.15) is 0 Å². The summed E-state index contributed by atoms with van der Waals surface area (Å²) in [6.45, 7) is 6.89. The van der Waals surface area contributed by atoms with E-state index in [1.165, 1.54) is 29.3 Å². The van der Waals surface area contributed by atoms with Crippen LogP contribution in [0.3, 0.4) is 0 Å². The molecule has 15 heavy (non-hydrogen) atoms. The highest BCUT2D eigenvalue weighted by atomic mass is 14.7. The Balaban J connectivity index is 2.61. The number of H-pyrrole nitrogens is 1. The highest BCUT2D eigenvalue weighted by molar-refractivity contribution is 5.84. The molecule has 1 heterocycles. The largest absolute Gasteiger partial charge is 0.361 e. The van der Waals surface area contributed by atoms with Crippen LogP contribution in [0, 0.1) is 0 Å². The second kappa shape index (κ2) is 3.73. The zero-order valence-corrected chi connectivity index (χ0v) is 9.80. The molecule has 1 aromatic carbocycles. The molecule has 0 aliphatic heterocycles. The van der Waals surface area contributed by atoms with Crippen LogP contribution >= 0.6 is 0 Å². The summed E-state index contributed by atoms with van der Waals surface area (Å²) in [4.78, 5) is 3.36. The van der Waals surface area contributed by atoms with Gasteiger partial charge in [0.15, 0.2) is 0 Å². The number of aromatic amines is 1. The van der Waals surface area contributed by atoms with Gasteiger partial charge in [-0.05, 0) is 29.9 Å². The van der Waals surface area contributed by atoms with Gasteiger partial charge in [-0.25, -0.2) is 0 Å². The Morgan fingerprint density at radius 1 is 1.13 bits per heavy atom. The van der Waals surface area contributed by atoms with Crippen molar-refractivity contribution in [2.75, 3.05) is 0 Å². The van der Waals surface area contributed by atoms with Gasteiger partial charge in [-0.15, -0.1) is 0 Å². The highest BCUT2D eigenvalue weighted by Crippen LogP contribution is 2.35. The van der Waals surface area contributed by atoms with Crippen molar-refractivity contribution in [3.05, 3.63) is 36.0 Å². The summed E-state index contributed by atoms with van der Waals surface area (Å²) in [5.41, 5.74) is 3.02. The van der Waals surface area contributed by atoms with Crippen molar-refractivity contribution >= 4 is 10.9 Å². The van der Waals surface area contributed by atoms with Crippen LogP contribution in [-0.2, 0) is 5.41 Å². The fourth-order valence-corrected chi connectivity index (χ4v) is 2.20. The van der Waals surface area contributed by atoms with Gasteiger partial charge in [0.05, 0.1) is 0 Å². The van der Waals surface area contributed by atoms with Crippen LogP contribution in [-0.4, -0.2) is 4.98 Å².